The molecule has 0 unspecified atom stereocenters. The Morgan fingerprint density at radius 2 is 1.69 bits per heavy atom. The highest BCUT2D eigenvalue weighted by atomic mass is 16.5. The van der Waals surface area contributed by atoms with Gasteiger partial charge in [-0.2, -0.15) is 0 Å². The van der Waals surface area contributed by atoms with Crippen LogP contribution in [0.3, 0.4) is 0 Å². The van der Waals surface area contributed by atoms with Crippen molar-refractivity contribution < 1.29 is 14.3 Å². The Kier molecular flexibility index (Phi) is 7.17. The summed E-state index contributed by atoms with van der Waals surface area (Å²) in [6.45, 7) is 10.1. The summed E-state index contributed by atoms with van der Waals surface area (Å²) in [6, 6.07) is 7.95. The Balaban J connectivity index is 1.77. The van der Waals surface area contributed by atoms with Gasteiger partial charge in [0.1, 0.15) is 0 Å². The fourth-order valence-corrected chi connectivity index (χ4v) is 3.06. The molecule has 2 amide bonds. The molecule has 0 spiro atoms. The Labute approximate surface area is 156 Å². The van der Waals surface area contributed by atoms with Crippen LogP contribution in [0.2, 0.25) is 0 Å². The van der Waals surface area contributed by atoms with E-state index in [2.05, 4.69) is 10.2 Å². The minimum Gasteiger partial charge on any atom is -0.380 e. The molecule has 0 aliphatic carbocycles. The second-order valence-corrected chi connectivity index (χ2v) is 7.80. The summed E-state index contributed by atoms with van der Waals surface area (Å²) in [5.41, 5.74) is 1.81. The minimum atomic E-state index is -0.352. The van der Waals surface area contributed by atoms with Gasteiger partial charge in [0.2, 0.25) is 11.8 Å². The van der Waals surface area contributed by atoms with Gasteiger partial charge in [-0.15, -0.1) is 0 Å². The molecule has 1 N–H and O–H groups in total. The molecule has 0 aromatic heterocycles. The van der Waals surface area contributed by atoms with Crippen LogP contribution >= 0.6 is 0 Å². The van der Waals surface area contributed by atoms with Crippen LogP contribution in [0, 0.1) is 5.41 Å². The van der Waals surface area contributed by atoms with Gasteiger partial charge in [-0.3, -0.25) is 14.5 Å². The topological polar surface area (TPSA) is 61.9 Å². The average Bonchev–Trinajstić information content (AvgIpc) is 2.60. The van der Waals surface area contributed by atoms with Crippen molar-refractivity contribution >= 4 is 11.8 Å². The molecule has 1 aliphatic heterocycles. The van der Waals surface area contributed by atoms with Gasteiger partial charge in [-0.1, -0.05) is 45.0 Å². The fourth-order valence-electron chi connectivity index (χ4n) is 3.06. The number of piperazine rings is 1. The normalized spacial score (nSPS) is 15.8. The SMILES string of the molecule is COCc1ccccc1CNC(=O)CN1CCN(C(=O)C(C)(C)C)CC1. The lowest BCUT2D eigenvalue weighted by Gasteiger charge is -2.37. The van der Waals surface area contributed by atoms with Crippen molar-refractivity contribution in [3.63, 3.8) is 0 Å². The first-order chi connectivity index (χ1) is 12.3. The van der Waals surface area contributed by atoms with Gasteiger partial charge in [-0.25, -0.2) is 0 Å². The van der Waals surface area contributed by atoms with Gasteiger partial charge in [-0.05, 0) is 11.1 Å². The molecule has 1 aliphatic rings. The maximum absolute atomic E-state index is 12.3. The number of carbonyl (C=O) groups excluding carboxylic acids is 2. The van der Waals surface area contributed by atoms with Crippen LogP contribution in [-0.2, 0) is 27.5 Å². The minimum absolute atomic E-state index is 0.00724. The molecule has 144 valence electrons. The highest BCUT2D eigenvalue weighted by Crippen LogP contribution is 2.18. The molecule has 0 saturated carbocycles. The molecule has 0 radical (unpaired) electrons. The van der Waals surface area contributed by atoms with Gasteiger partial charge >= 0.3 is 0 Å². The molecule has 1 aromatic carbocycles. The fraction of sp³-hybridized carbons (Fsp3) is 0.600. The van der Waals surface area contributed by atoms with Crippen LogP contribution in [0.4, 0.5) is 0 Å². The van der Waals surface area contributed by atoms with E-state index in [9.17, 15) is 9.59 Å². The first-order valence-electron chi connectivity index (χ1n) is 9.15. The summed E-state index contributed by atoms with van der Waals surface area (Å²) in [7, 11) is 1.67. The molecular formula is C20H31N3O3. The number of benzene rings is 1. The molecule has 0 atom stereocenters. The third-order valence-electron chi connectivity index (χ3n) is 4.56. The molecule has 1 fully saturated rings. The molecule has 2 rings (SSSR count). The van der Waals surface area contributed by atoms with E-state index in [1.807, 2.05) is 49.9 Å². The van der Waals surface area contributed by atoms with Crippen molar-refractivity contribution in [2.24, 2.45) is 5.41 Å². The smallest absolute Gasteiger partial charge is 0.234 e. The number of hydrogen-bond donors (Lipinski definition) is 1. The van der Waals surface area contributed by atoms with Crippen molar-refractivity contribution in [1.29, 1.82) is 0 Å². The molecule has 6 nitrogen and oxygen atoms in total. The Bertz CT molecular complexity index is 617. The highest BCUT2D eigenvalue weighted by Gasteiger charge is 2.29. The molecule has 0 bridgehead atoms. The lowest BCUT2D eigenvalue weighted by Crippen LogP contribution is -2.53. The largest absolute Gasteiger partial charge is 0.380 e. The zero-order valence-electron chi connectivity index (χ0n) is 16.4. The summed E-state index contributed by atoms with van der Waals surface area (Å²) in [6.07, 6.45) is 0. The molecule has 26 heavy (non-hydrogen) atoms. The van der Waals surface area contributed by atoms with Gasteiger partial charge in [0.05, 0.1) is 13.2 Å². The molecule has 1 aromatic rings. The zero-order valence-corrected chi connectivity index (χ0v) is 16.4. The second kappa shape index (κ2) is 9.14. The lowest BCUT2D eigenvalue weighted by molar-refractivity contribution is -0.141. The van der Waals surface area contributed by atoms with E-state index in [-0.39, 0.29) is 17.2 Å². The van der Waals surface area contributed by atoms with Gasteiger partial charge in [0.15, 0.2) is 0 Å². The predicted octanol–water partition coefficient (Wildman–Crippen LogP) is 1.64. The average molecular weight is 361 g/mol. The van der Waals surface area contributed by atoms with E-state index < -0.39 is 0 Å². The Hall–Kier alpha value is -1.92. The monoisotopic (exact) mass is 361 g/mol. The Morgan fingerprint density at radius 1 is 1.08 bits per heavy atom. The van der Waals surface area contributed by atoms with Crippen LogP contribution in [-0.4, -0.2) is 61.4 Å². The number of ether oxygens (including phenoxy) is 1. The van der Waals surface area contributed by atoms with Crippen LogP contribution < -0.4 is 5.32 Å². The third kappa shape index (κ3) is 5.81. The van der Waals surface area contributed by atoms with Crippen molar-refractivity contribution in [1.82, 2.24) is 15.1 Å². The number of methoxy groups -OCH3 is 1. The number of hydrogen-bond acceptors (Lipinski definition) is 4. The van der Waals surface area contributed by atoms with E-state index in [0.29, 0.717) is 32.8 Å². The number of carbonyl (C=O) groups is 2. The van der Waals surface area contributed by atoms with E-state index in [1.165, 1.54) is 0 Å². The van der Waals surface area contributed by atoms with Gasteiger partial charge in [0.25, 0.3) is 0 Å². The van der Waals surface area contributed by atoms with Crippen molar-refractivity contribution in [3.05, 3.63) is 35.4 Å². The number of rotatable bonds is 6. The summed E-state index contributed by atoms with van der Waals surface area (Å²) in [4.78, 5) is 28.6. The molecular weight excluding hydrogens is 330 g/mol. The first-order valence-corrected chi connectivity index (χ1v) is 9.15. The molecule has 1 heterocycles. The third-order valence-corrected chi connectivity index (χ3v) is 4.56. The standard InChI is InChI=1S/C20H31N3O3/c1-20(2,3)19(25)23-11-9-22(10-12-23)14-18(24)21-13-16-7-5-6-8-17(16)15-26-4/h5-8H,9-15H2,1-4H3,(H,21,24). The van der Waals surface area contributed by atoms with Crippen molar-refractivity contribution in [2.75, 3.05) is 39.8 Å². The van der Waals surface area contributed by atoms with E-state index in [4.69, 9.17) is 4.74 Å². The van der Waals surface area contributed by atoms with Crippen LogP contribution in [0.15, 0.2) is 24.3 Å². The van der Waals surface area contributed by atoms with Gasteiger partial charge in [0, 0.05) is 45.2 Å². The number of nitrogens with one attached hydrogen (secondary N) is 1. The van der Waals surface area contributed by atoms with E-state index >= 15 is 0 Å². The number of amides is 2. The maximum Gasteiger partial charge on any atom is 0.234 e. The first kappa shape index (κ1) is 20.4. The maximum atomic E-state index is 12.3. The summed E-state index contributed by atoms with van der Waals surface area (Å²) in [5.74, 6) is 0.184. The second-order valence-electron chi connectivity index (χ2n) is 7.80. The van der Waals surface area contributed by atoms with E-state index in [0.717, 1.165) is 24.2 Å². The Morgan fingerprint density at radius 3 is 2.27 bits per heavy atom. The van der Waals surface area contributed by atoms with Crippen molar-refractivity contribution in [2.45, 2.75) is 33.9 Å². The predicted molar refractivity (Wildman–Crippen MR) is 101 cm³/mol. The van der Waals surface area contributed by atoms with Gasteiger partial charge < -0.3 is 15.0 Å². The summed E-state index contributed by atoms with van der Waals surface area (Å²) >= 11 is 0. The van der Waals surface area contributed by atoms with E-state index in [1.54, 1.807) is 7.11 Å². The van der Waals surface area contributed by atoms with Crippen LogP contribution in [0.1, 0.15) is 31.9 Å². The molecule has 1 saturated heterocycles. The van der Waals surface area contributed by atoms with Crippen LogP contribution in [0.25, 0.3) is 0 Å². The summed E-state index contributed by atoms with van der Waals surface area (Å²) < 4.78 is 5.20. The summed E-state index contributed by atoms with van der Waals surface area (Å²) in [5, 5.41) is 2.99. The molecule has 6 heteroatoms. The zero-order chi connectivity index (χ0) is 19.2. The highest BCUT2D eigenvalue weighted by molar-refractivity contribution is 5.81. The lowest BCUT2D eigenvalue weighted by atomic mass is 9.94. The number of nitrogens with zero attached hydrogens (tertiary/aromatic N) is 2. The van der Waals surface area contributed by atoms with Crippen molar-refractivity contribution in [3.8, 4) is 0 Å². The van der Waals surface area contributed by atoms with Crippen LogP contribution in [0.5, 0.6) is 0 Å². The quantitative estimate of drug-likeness (QED) is 0.837.